The Morgan fingerprint density at radius 3 is 2.56 bits per heavy atom. The molecule has 18 heavy (non-hydrogen) atoms. The SMILES string of the molecule is Cc1ccc(OCc2nc(Cl)ccc2Cl)c(Cl)c1. The smallest absolute Gasteiger partial charge is 0.138 e. The molecule has 1 aromatic heterocycles. The Balaban J connectivity index is 2.13. The Labute approximate surface area is 120 Å². The fourth-order valence-electron chi connectivity index (χ4n) is 1.43. The van der Waals surface area contributed by atoms with Gasteiger partial charge in [-0.3, -0.25) is 0 Å². The van der Waals surface area contributed by atoms with E-state index in [2.05, 4.69) is 4.98 Å². The molecule has 2 aromatic rings. The summed E-state index contributed by atoms with van der Waals surface area (Å²) in [5, 5.41) is 1.46. The minimum atomic E-state index is 0.224. The normalized spacial score (nSPS) is 10.4. The molecule has 0 spiro atoms. The van der Waals surface area contributed by atoms with Gasteiger partial charge in [-0.25, -0.2) is 4.98 Å². The molecular weight excluding hydrogens is 293 g/mol. The van der Waals surface area contributed by atoms with Crippen LogP contribution >= 0.6 is 34.8 Å². The molecule has 0 radical (unpaired) electrons. The van der Waals surface area contributed by atoms with E-state index in [0.717, 1.165) is 5.56 Å². The minimum absolute atomic E-state index is 0.224. The molecule has 2 nitrogen and oxygen atoms in total. The molecular formula is C13H10Cl3NO. The second kappa shape index (κ2) is 5.79. The molecule has 2 rings (SSSR count). The van der Waals surface area contributed by atoms with Crippen molar-refractivity contribution in [1.82, 2.24) is 4.98 Å². The van der Waals surface area contributed by atoms with E-state index in [1.807, 2.05) is 25.1 Å². The van der Waals surface area contributed by atoms with Gasteiger partial charge in [-0.1, -0.05) is 40.9 Å². The van der Waals surface area contributed by atoms with Crippen LogP contribution in [0, 0.1) is 6.92 Å². The van der Waals surface area contributed by atoms with Crippen LogP contribution < -0.4 is 4.74 Å². The summed E-state index contributed by atoms with van der Waals surface area (Å²) in [7, 11) is 0. The van der Waals surface area contributed by atoms with Crippen LogP contribution in [0.25, 0.3) is 0 Å². The lowest BCUT2D eigenvalue weighted by molar-refractivity contribution is 0.301. The van der Waals surface area contributed by atoms with Crippen LogP contribution in [0.15, 0.2) is 30.3 Å². The van der Waals surface area contributed by atoms with Gasteiger partial charge in [-0.15, -0.1) is 0 Å². The van der Waals surface area contributed by atoms with Gasteiger partial charge in [0.1, 0.15) is 17.5 Å². The standard InChI is InChI=1S/C13H10Cl3NO/c1-8-2-4-12(10(15)6-8)18-7-11-9(14)3-5-13(16)17-11/h2-6H,7H2,1H3. The van der Waals surface area contributed by atoms with Crippen molar-refractivity contribution < 1.29 is 4.74 Å². The van der Waals surface area contributed by atoms with E-state index < -0.39 is 0 Å². The second-order valence-electron chi connectivity index (χ2n) is 3.79. The van der Waals surface area contributed by atoms with Gasteiger partial charge < -0.3 is 4.74 Å². The largest absolute Gasteiger partial charge is 0.486 e. The number of nitrogens with zero attached hydrogens (tertiary/aromatic N) is 1. The zero-order valence-electron chi connectivity index (χ0n) is 9.58. The first kappa shape index (κ1) is 13.5. The van der Waals surface area contributed by atoms with Gasteiger partial charge in [0.15, 0.2) is 0 Å². The molecule has 0 atom stereocenters. The summed E-state index contributed by atoms with van der Waals surface area (Å²) in [6, 6.07) is 8.90. The molecule has 0 aliphatic heterocycles. The maximum absolute atomic E-state index is 6.06. The second-order valence-corrected chi connectivity index (χ2v) is 4.99. The summed E-state index contributed by atoms with van der Waals surface area (Å²) >= 11 is 17.9. The Bertz CT molecular complexity index is 572. The first-order valence-corrected chi connectivity index (χ1v) is 6.39. The van der Waals surface area contributed by atoms with Gasteiger partial charge in [0.25, 0.3) is 0 Å². The van der Waals surface area contributed by atoms with E-state index in [1.165, 1.54) is 0 Å². The van der Waals surface area contributed by atoms with E-state index in [-0.39, 0.29) is 6.61 Å². The van der Waals surface area contributed by atoms with Crippen LogP contribution in [0.1, 0.15) is 11.3 Å². The topological polar surface area (TPSA) is 22.1 Å². The van der Waals surface area contributed by atoms with Crippen LogP contribution in [-0.2, 0) is 6.61 Å². The molecule has 0 amide bonds. The summed E-state index contributed by atoms with van der Waals surface area (Å²) < 4.78 is 5.58. The third-order valence-corrected chi connectivity index (χ3v) is 3.19. The number of benzene rings is 1. The molecule has 0 saturated carbocycles. The summed E-state index contributed by atoms with van der Waals surface area (Å²) in [6.45, 7) is 2.19. The van der Waals surface area contributed by atoms with Crippen LogP contribution in [-0.4, -0.2) is 4.98 Å². The number of aromatic nitrogens is 1. The van der Waals surface area contributed by atoms with Crippen molar-refractivity contribution in [2.24, 2.45) is 0 Å². The molecule has 0 N–H and O–H groups in total. The third-order valence-electron chi connectivity index (χ3n) is 2.34. The van der Waals surface area contributed by atoms with E-state index >= 15 is 0 Å². The molecule has 5 heteroatoms. The predicted molar refractivity (Wildman–Crippen MR) is 74.8 cm³/mol. The first-order chi connectivity index (χ1) is 8.56. The maximum Gasteiger partial charge on any atom is 0.138 e. The highest BCUT2D eigenvalue weighted by Gasteiger charge is 2.06. The molecule has 0 unspecified atom stereocenters. The van der Waals surface area contributed by atoms with Crippen LogP contribution in [0.3, 0.4) is 0 Å². The highest BCUT2D eigenvalue weighted by atomic mass is 35.5. The summed E-state index contributed by atoms with van der Waals surface area (Å²) in [5.41, 5.74) is 1.66. The van der Waals surface area contributed by atoms with Crippen molar-refractivity contribution >= 4 is 34.8 Å². The molecule has 0 saturated heterocycles. The van der Waals surface area contributed by atoms with E-state index in [9.17, 15) is 0 Å². The number of pyridine rings is 1. The molecule has 0 aliphatic rings. The Morgan fingerprint density at radius 2 is 1.83 bits per heavy atom. The van der Waals surface area contributed by atoms with Crippen LogP contribution in [0.4, 0.5) is 0 Å². The Morgan fingerprint density at radius 1 is 1.06 bits per heavy atom. The summed E-state index contributed by atoms with van der Waals surface area (Å²) in [5.74, 6) is 0.597. The Hall–Kier alpha value is -0.960. The molecule has 1 aromatic carbocycles. The maximum atomic E-state index is 6.06. The number of hydrogen-bond donors (Lipinski definition) is 0. The average Bonchev–Trinajstić information content (AvgIpc) is 2.32. The molecule has 94 valence electrons. The van der Waals surface area contributed by atoms with Gasteiger partial charge >= 0.3 is 0 Å². The minimum Gasteiger partial charge on any atom is -0.486 e. The van der Waals surface area contributed by atoms with Gasteiger partial charge in [0.2, 0.25) is 0 Å². The summed E-state index contributed by atoms with van der Waals surface area (Å²) in [6.07, 6.45) is 0. The van der Waals surface area contributed by atoms with Gasteiger partial charge in [0, 0.05) is 0 Å². The monoisotopic (exact) mass is 301 g/mol. The van der Waals surface area contributed by atoms with E-state index in [0.29, 0.717) is 26.6 Å². The Kier molecular flexibility index (Phi) is 4.33. The zero-order chi connectivity index (χ0) is 13.1. The van der Waals surface area contributed by atoms with Crippen molar-refractivity contribution in [3.8, 4) is 5.75 Å². The number of ether oxygens (including phenoxy) is 1. The average molecular weight is 303 g/mol. The fraction of sp³-hybridized carbons (Fsp3) is 0.154. The molecule has 0 aliphatic carbocycles. The molecule has 0 bridgehead atoms. The third kappa shape index (κ3) is 3.29. The first-order valence-electron chi connectivity index (χ1n) is 5.26. The van der Waals surface area contributed by atoms with Crippen molar-refractivity contribution in [3.63, 3.8) is 0 Å². The van der Waals surface area contributed by atoms with Gasteiger partial charge in [-0.2, -0.15) is 0 Å². The number of halogens is 3. The van der Waals surface area contributed by atoms with Crippen LogP contribution in [0.2, 0.25) is 15.2 Å². The van der Waals surface area contributed by atoms with E-state index in [4.69, 9.17) is 39.5 Å². The quantitative estimate of drug-likeness (QED) is 0.750. The lowest BCUT2D eigenvalue weighted by Gasteiger charge is -2.09. The zero-order valence-corrected chi connectivity index (χ0v) is 11.9. The summed E-state index contributed by atoms with van der Waals surface area (Å²) in [4.78, 5) is 4.10. The van der Waals surface area contributed by atoms with Crippen molar-refractivity contribution in [1.29, 1.82) is 0 Å². The fourth-order valence-corrected chi connectivity index (χ4v) is 2.04. The number of rotatable bonds is 3. The van der Waals surface area contributed by atoms with Crippen molar-refractivity contribution in [2.45, 2.75) is 13.5 Å². The van der Waals surface area contributed by atoms with Crippen LogP contribution in [0.5, 0.6) is 5.75 Å². The van der Waals surface area contributed by atoms with E-state index in [1.54, 1.807) is 12.1 Å². The lowest BCUT2D eigenvalue weighted by atomic mass is 10.2. The van der Waals surface area contributed by atoms with Crippen molar-refractivity contribution in [3.05, 3.63) is 56.8 Å². The lowest BCUT2D eigenvalue weighted by Crippen LogP contribution is -2.00. The molecule has 1 heterocycles. The van der Waals surface area contributed by atoms with Gasteiger partial charge in [0.05, 0.1) is 15.7 Å². The highest BCUT2D eigenvalue weighted by Crippen LogP contribution is 2.27. The molecule has 0 fully saturated rings. The van der Waals surface area contributed by atoms with Crippen molar-refractivity contribution in [2.75, 3.05) is 0 Å². The predicted octanol–water partition coefficient (Wildman–Crippen LogP) is 4.93. The number of hydrogen-bond acceptors (Lipinski definition) is 2. The highest BCUT2D eigenvalue weighted by molar-refractivity contribution is 6.32. The number of aryl methyl sites for hydroxylation is 1. The van der Waals surface area contributed by atoms with Gasteiger partial charge in [-0.05, 0) is 36.8 Å².